The minimum atomic E-state index is -1.22. The van der Waals surface area contributed by atoms with Gasteiger partial charge in [0.1, 0.15) is 5.75 Å². The zero-order valence-electron chi connectivity index (χ0n) is 10.4. The quantitative estimate of drug-likeness (QED) is 0.606. The Kier molecular flexibility index (Phi) is 5.13. The molecule has 18 heavy (non-hydrogen) atoms. The van der Waals surface area contributed by atoms with Crippen LogP contribution >= 0.6 is 0 Å². The Labute approximate surface area is 105 Å². The monoisotopic (exact) mass is 253 g/mol. The maximum absolute atomic E-state index is 11.5. The van der Waals surface area contributed by atoms with Crippen molar-refractivity contribution in [1.82, 2.24) is 0 Å². The number of Topliss-reactive ketones (excluding diaryl/α,β-unsaturated/α-hetero) is 1. The van der Waals surface area contributed by atoms with Crippen molar-refractivity contribution in [2.45, 2.75) is 13.0 Å². The molecule has 1 unspecified atom stereocenters. The molecule has 0 aliphatic rings. The number of hydrogen-bond donors (Lipinski definition) is 1. The van der Waals surface area contributed by atoms with Gasteiger partial charge in [0.25, 0.3) is 0 Å². The average Bonchev–Trinajstić information content (AvgIpc) is 2.37. The van der Waals surface area contributed by atoms with Crippen LogP contribution in [0.15, 0.2) is 24.3 Å². The van der Waals surface area contributed by atoms with E-state index in [1.165, 1.54) is 21.1 Å². The third-order valence-corrected chi connectivity index (χ3v) is 2.16. The number of anilines is 1. The van der Waals surface area contributed by atoms with Gasteiger partial charge in [-0.05, 0) is 19.1 Å². The lowest BCUT2D eigenvalue weighted by atomic mass is 10.2. The minimum Gasteiger partial charge on any atom is -0.497 e. The molecule has 1 rings (SSSR count). The van der Waals surface area contributed by atoms with Crippen LogP contribution in [0.1, 0.15) is 6.92 Å². The third kappa shape index (κ3) is 3.74. The van der Waals surface area contributed by atoms with Gasteiger partial charge in [-0.3, -0.25) is 4.79 Å². The first kappa shape index (κ1) is 14.0. The molecule has 0 saturated carbocycles. The maximum Gasteiger partial charge on any atom is 0.368 e. The van der Waals surface area contributed by atoms with Crippen LogP contribution in [0.4, 0.5) is 5.69 Å². The smallest absolute Gasteiger partial charge is 0.368 e. The molecule has 0 spiro atoms. The lowest BCUT2D eigenvalue weighted by Gasteiger charge is -2.12. The van der Waals surface area contributed by atoms with Crippen LogP contribution in [0.5, 0.6) is 5.75 Å². The largest absolute Gasteiger partial charge is 0.497 e. The number of carbonyl (C=O) groups is 2. The molecule has 0 radical (unpaired) electrons. The highest BCUT2D eigenvalue weighted by Gasteiger charge is 2.24. The molecule has 1 atom stereocenters. The van der Waals surface area contributed by atoms with Gasteiger partial charge >= 0.3 is 5.97 Å². The summed E-state index contributed by atoms with van der Waals surface area (Å²) in [5, 5.41) is 0. The molecule has 6 heteroatoms. The van der Waals surface area contributed by atoms with Gasteiger partial charge in [-0.2, -0.15) is 0 Å². The van der Waals surface area contributed by atoms with Gasteiger partial charge < -0.3 is 14.3 Å². The van der Waals surface area contributed by atoms with Crippen LogP contribution in [-0.4, -0.2) is 32.1 Å². The second kappa shape index (κ2) is 6.61. The summed E-state index contributed by atoms with van der Waals surface area (Å²) in [6, 6.07) is 6.81. The molecule has 1 aromatic rings. The molecule has 1 aromatic carbocycles. The Morgan fingerprint density at radius 2 is 2.00 bits per heavy atom. The summed E-state index contributed by atoms with van der Waals surface area (Å²) in [7, 11) is 2.79. The summed E-state index contributed by atoms with van der Waals surface area (Å²) >= 11 is 0. The van der Waals surface area contributed by atoms with Crippen LogP contribution in [0.2, 0.25) is 0 Å². The van der Waals surface area contributed by atoms with Gasteiger partial charge in [-0.25, -0.2) is 10.3 Å². The van der Waals surface area contributed by atoms with Crippen LogP contribution in [0.3, 0.4) is 0 Å². The van der Waals surface area contributed by atoms with E-state index < -0.39 is 17.9 Å². The van der Waals surface area contributed by atoms with Gasteiger partial charge in [-0.1, -0.05) is 6.07 Å². The zero-order chi connectivity index (χ0) is 13.5. The summed E-state index contributed by atoms with van der Waals surface area (Å²) in [6.07, 6.45) is -1.22. The van der Waals surface area contributed by atoms with Crippen molar-refractivity contribution >= 4 is 17.4 Å². The molecule has 0 saturated heterocycles. The molecule has 6 nitrogen and oxygen atoms in total. The SMILES string of the molecule is COc1cccc(NOC(=O)C(OC)C(C)=O)c1. The van der Waals surface area contributed by atoms with Crippen molar-refractivity contribution < 1.29 is 23.9 Å². The normalized spacial score (nSPS) is 11.5. The second-order valence-corrected chi connectivity index (χ2v) is 3.48. The minimum absolute atomic E-state index is 0.421. The Morgan fingerprint density at radius 1 is 1.28 bits per heavy atom. The van der Waals surface area contributed by atoms with Gasteiger partial charge in [0.05, 0.1) is 12.8 Å². The first-order valence-corrected chi connectivity index (χ1v) is 5.22. The number of benzene rings is 1. The summed E-state index contributed by atoms with van der Waals surface area (Å²) in [6.45, 7) is 1.25. The van der Waals surface area contributed by atoms with E-state index in [9.17, 15) is 9.59 Å². The first-order valence-electron chi connectivity index (χ1n) is 5.22. The lowest BCUT2D eigenvalue weighted by Crippen LogP contribution is -2.33. The van der Waals surface area contributed by atoms with E-state index >= 15 is 0 Å². The number of nitrogens with one attached hydrogen (secondary N) is 1. The molecule has 0 aromatic heterocycles. The molecule has 0 aliphatic carbocycles. The standard InChI is InChI=1S/C12H15NO5/c1-8(14)11(17-3)12(15)18-13-9-5-4-6-10(7-9)16-2/h4-7,11,13H,1-3H3. The highest BCUT2D eigenvalue weighted by molar-refractivity contribution is 6.00. The van der Waals surface area contributed by atoms with Crippen LogP contribution in [0, 0.1) is 0 Å². The molecule has 0 aliphatic heterocycles. The third-order valence-electron chi connectivity index (χ3n) is 2.16. The summed E-state index contributed by atoms with van der Waals surface area (Å²) in [4.78, 5) is 27.3. The topological polar surface area (TPSA) is 73.9 Å². The summed E-state index contributed by atoms with van der Waals surface area (Å²) in [5.41, 5.74) is 2.96. The van der Waals surface area contributed by atoms with E-state index in [4.69, 9.17) is 14.3 Å². The van der Waals surface area contributed by atoms with Gasteiger partial charge in [0, 0.05) is 13.2 Å². The highest BCUT2D eigenvalue weighted by Crippen LogP contribution is 2.16. The Bertz CT molecular complexity index is 432. The Morgan fingerprint density at radius 3 is 2.56 bits per heavy atom. The lowest BCUT2D eigenvalue weighted by molar-refractivity contribution is -0.156. The molecule has 0 fully saturated rings. The first-order chi connectivity index (χ1) is 8.58. The van der Waals surface area contributed by atoms with Gasteiger partial charge in [-0.15, -0.1) is 0 Å². The van der Waals surface area contributed by atoms with Crippen molar-refractivity contribution in [2.24, 2.45) is 0 Å². The molecule has 0 bridgehead atoms. The molecule has 0 amide bonds. The number of rotatable bonds is 6. The molecule has 98 valence electrons. The summed E-state index contributed by atoms with van der Waals surface area (Å²) < 4.78 is 9.73. The number of hydrogen-bond acceptors (Lipinski definition) is 6. The van der Waals surface area contributed by atoms with Crippen LogP contribution < -0.4 is 10.2 Å². The molecular weight excluding hydrogens is 238 g/mol. The van der Waals surface area contributed by atoms with Crippen LogP contribution in [-0.2, 0) is 19.2 Å². The fourth-order valence-corrected chi connectivity index (χ4v) is 1.28. The van der Waals surface area contributed by atoms with Crippen molar-refractivity contribution in [3.63, 3.8) is 0 Å². The molecule has 0 heterocycles. The fourth-order valence-electron chi connectivity index (χ4n) is 1.28. The van der Waals surface area contributed by atoms with Crippen molar-refractivity contribution in [2.75, 3.05) is 19.7 Å². The van der Waals surface area contributed by atoms with Gasteiger partial charge in [0.2, 0.25) is 6.10 Å². The van der Waals surface area contributed by atoms with Crippen molar-refractivity contribution in [1.29, 1.82) is 0 Å². The van der Waals surface area contributed by atoms with E-state index in [2.05, 4.69) is 5.48 Å². The second-order valence-electron chi connectivity index (χ2n) is 3.48. The van der Waals surface area contributed by atoms with E-state index in [-0.39, 0.29) is 0 Å². The van der Waals surface area contributed by atoms with Gasteiger partial charge in [0.15, 0.2) is 5.78 Å². The number of ketones is 1. The van der Waals surface area contributed by atoms with Crippen LogP contribution in [0.25, 0.3) is 0 Å². The number of ether oxygens (including phenoxy) is 2. The Balaban J connectivity index is 2.59. The van der Waals surface area contributed by atoms with E-state index in [1.807, 2.05) is 0 Å². The highest BCUT2D eigenvalue weighted by atomic mass is 16.7. The fraction of sp³-hybridized carbons (Fsp3) is 0.333. The predicted octanol–water partition coefficient (Wildman–Crippen LogP) is 1.17. The van der Waals surface area contributed by atoms with E-state index in [1.54, 1.807) is 24.3 Å². The van der Waals surface area contributed by atoms with E-state index in [0.29, 0.717) is 11.4 Å². The zero-order valence-corrected chi connectivity index (χ0v) is 10.4. The Hall–Kier alpha value is -2.08. The molecular formula is C12H15NO5. The number of methoxy groups -OCH3 is 2. The van der Waals surface area contributed by atoms with Crippen molar-refractivity contribution in [3.05, 3.63) is 24.3 Å². The maximum atomic E-state index is 11.5. The number of carbonyl (C=O) groups excluding carboxylic acids is 2. The predicted molar refractivity (Wildman–Crippen MR) is 64.2 cm³/mol. The van der Waals surface area contributed by atoms with Crippen molar-refractivity contribution in [3.8, 4) is 5.75 Å². The summed E-state index contributed by atoms with van der Waals surface area (Å²) in [5.74, 6) is -0.603. The van der Waals surface area contributed by atoms with E-state index in [0.717, 1.165) is 0 Å². The average molecular weight is 253 g/mol. The molecule has 1 N–H and O–H groups in total.